The van der Waals surface area contributed by atoms with Crippen molar-refractivity contribution < 1.29 is 22.7 Å². The van der Waals surface area contributed by atoms with Crippen LogP contribution in [0.3, 0.4) is 0 Å². The molecule has 0 bridgehead atoms. The van der Waals surface area contributed by atoms with Gasteiger partial charge in [-0.2, -0.15) is 13.2 Å². The van der Waals surface area contributed by atoms with E-state index in [-0.39, 0.29) is 17.4 Å². The Morgan fingerprint density at radius 2 is 1.82 bits per heavy atom. The Kier molecular flexibility index (Phi) is 8.15. The molecule has 0 radical (unpaired) electrons. The van der Waals surface area contributed by atoms with E-state index in [0.717, 1.165) is 60.8 Å². The van der Waals surface area contributed by atoms with Gasteiger partial charge in [0, 0.05) is 35.4 Å². The van der Waals surface area contributed by atoms with E-state index in [9.17, 15) is 18.0 Å². The first-order valence-electron chi connectivity index (χ1n) is 11.2. The summed E-state index contributed by atoms with van der Waals surface area (Å²) in [6, 6.07) is 8.49. The van der Waals surface area contributed by atoms with Crippen LogP contribution in [0.5, 0.6) is 5.75 Å². The van der Waals surface area contributed by atoms with E-state index in [1.165, 1.54) is 5.69 Å². The number of alkyl halides is 3. The van der Waals surface area contributed by atoms with Crippen LogP contribution < -0.4 is 10.1 Å². The van der Waals surface area contributed by atoms with Gasteiger partial charge in [-0.3, -0.25) is 4.79 Å². The van der Waals surface area contributed by atoms with Crippen LogP contribution >= 0.6 is 11.6 Å². The van der Waals surface area contributed by atoms with E-state index in [1.807, 2.05) is 18.2 Å². The molecule has 0 unspecified atom stereocenters. The van der Waals surface area contributed by atoms with Gasteiger partial charge in [-0.1, -0.05) is 25.4 Å². The van der Waals surface area contributed by atoms with Crippen molar-refractivity contribution in [2.75, 3.05) is 31.6 Å². The monoisotopic (exact) mass is 495 g/mol. The molecule has 0 saturated heterocycles. The van der Waals surface area contributed by atoms with Crippen molar-refractivity contribution in [2.24, 2.45) is 0 Å². The lowest BCUT2D eigenvalue weighted by Gasteiger charge is -2.19. The average Bonchev–Trinajstić information content (AvgIpc) is 3.02. The van der Waals surface area contributed by atoms with Gasteiger partial charge in [-0.15, -0.1) is 0 Å². The zero-order chi connectivity index (χ0) is 25.0. The molecule has 0 saturated carbocycles. The number of aryl methyl sites for hydroxylation is 1. The van der Waals surface area contributed by atoms with Gasteiger partial charge in [-0.25, -0.2) is 0 Å². The summed E-state index contributed by atoms with van der Waals surface area (Å²) < 4.78 is 45.9. The zero-order valence-corrected chi connectivity index (χ0v) is 20.5. The van der Waals surface area contributed by atoms with E-state index >= 15 is 0 Å². The third-order valence-electron chi connectivity index (χ3n) is 6.07. The summed E-state index contributed by atoms with van der Waals surface area (Å²) in [6.07, 6.45) is -4.50. The standard InChI is InChI=1S/C25H29ClF3N3O2/c1-5-31(6-2)11-12-32-17(4)16(3)20-14-19(8-9-22(20)32)30-24(33)15-34-23-10-7-18(13-21(23)26)25(27,28)29/h7-10,13-14H,5-6,11-12,15H2,1-4H3,(H,30,33). The molecule has 0 fully saturated rings. The summed E-state index contributed by atoms with van der Waals surface area (Å²) in [5.74, 6) is -0.428. The van der Waals surface area contributed by atoms with Gasteiger partial charge in [0.15, 0.2) is 6.61 Å². The highest BCUT2D eigenvalue weighted by Gasteiger charge is 2.31. The average molecular weight is 496 g/mol. The predicted molar refractivity (Wildman–Crippen MR) is 130 cm³/mol. The second-order valence-corrected chi connectivity index (χ2v) is 8.51. The van der Waals surface area contributed by atoms with Crippen LogP contribution in [0.15, 0.2) is 36.4 Å². The Balaban J connectivity index is 1.68. The van der Waals surface area contributed by atoms with Gasteiger partial charge < -0.3 is 19.5 Å². The topological polar surface area (TPSA) is 46.5 Å². The van der Waals surface area contributed by atoms with E-state index in [2.05, 4.69) is 42.5 Å². The number of carbonyl (C=O) groups is 1. The second-order valence-electron chi connectivity index (χ2n) is 8.10. The van der Waals surface area contributed by atoms with Crippen LogP contribution in [-0.2, 0) is 17.5 Å². The number of fused-ring (bicyclic) bond motifs is 1. The number of benzene rings is 2. The maximum Gasteiger partial charge on any atom is 0.416 e. The Morgan fingerprint density at radius 1 is 1.12 bits per heavy atom. The fraction of sp³-hybridized carbons (Fsp3) is 0.400. The van der Waals surface area contributed by atoms with Crippen molar-refractivity contribution in [3.05, 3.63) is 58.2 Å². The number of hydrogen-bond acceptors (Lipinski definition) is 3. The predicted octanol–water partition coefficient (Wildman–Crippen LogP) is 6.29. The van der Waals surface area contributed by atoms with Crippen molar-refractivity contribution in [3.63, 3.8) is 0 Å². The largest absolute Gasteiger partial charge is 0.482 e. The van der Waals surface area contributed by atoms with Crippen LogP contribution in [0.25, 0.3) is 10.9 Å². The molecule has 34 heavy (non-hydrogen) atoms. The molecule has 1 heterocycles. The number of likely N-dealkylation sites (N-methyl/N-ethyl adjacent to an activating group) is 1. The van der Waals surface area contributed by atoms with E-state index in [0.29, 0.717) is 5.69 Å². The third-order valence-corrected chi connectivity index (χ3v) is 6.37. The van der Waals surface area contributed by atoms with Crippen LogP contribution in [0.2, 0.25) is 5.02 Å². The van der Waals surface area contributed by atoms with Gasteiger partial charge in [0.05, 0.1) is 10.6 Å². The van der Waals surface area contributed by atoms with Crippen molar-refractivity contribution >= 4 is 34.1 Å². The molecule has 2 aromatic carbocycles. The Labute approximate surface area is 202 Å². The maximum atomic E-state index is 12.8. The number of amides is 1. The molecule has 0 aliphatic heterocycles. The lowest BCUT2D eigenvalue weighted by atomic mass is 10.1. The summed E-state index contributed by atoms with van der Waals surface area (Å²) in [4.78, 5) is 14.8. The summed E-state index contributed by atoms with van der Waals surface area (Å²) >= 11 is 5.88. The highest BCUT2D eigenvalue weighted by molar-refractivity contribution is 6.32. The summed E-state index contributed by atoms with van der Waals surface area (Å²) in [7, 11) is 0. The number of nitrogens with one attached hydrogen (secondary N) is 1. The van der Waals surface area contributed by atoms with Gasteiger partial charge in [0.1, 0.15) is 5.75 Å². The Bertz CT molecular complexity index is 1170. The molecule has 0 aliphatic rings. The van der Waals surface area contributed by atoms with E-state index in [4.69, 9.17) is 16.3 Å². The van der Waals surface area contributed by atoms with E-state index < -0.39 is 17.6 Å². The summed E-state index contributed by atoms with van der Waals surface area (Å²) in [5.41, 5.74) is 3.18. The van der Waals surface area contributed by atoms with Crippen molar-refractivity contribution in [1.29, 1.82) is 0 Å². The number of aromatic nitrogens is 1. The number of nitrogens with zero attached hydrogens (tertiary/aromatic N) is 2. The SMILES string of the molecule is CCN(CC)CCn1c(C)c(C)c2cc(NC(=O)COc3ccc(C(F)(F)F)cc3Cl)ccc21. The first kappa shape index (κ1) is 25.9. The molecule has 3 rings (SSSR count). The first-order chi connectivity index (χ1) is 16.0. The molecule has 184 valence electrons. The fourth-order valence-corrected chi connectivity index (χ4v) is 4.17. The van der Waals surface area contributed by atoms with Crippen LogP contribution in [0.1, 0.15) is 30.7 Å². The molecule has 0 atom stereocenters. The molecule has 0 spiro atoms. The zero-order valence-electron chi connectivity index (χ0n) is 19.7. The van der Waals surface area contributed by atoms with Gasteiger partial charge >= 0.3 is 6.18 Å². The molecule has 5 nitrogen and oxygen atoms in total. The number of halogens is 4. The van der Waals surface area contributed by atoms with E-state index in [1.54, 1.807) is 0 Å². The number of anilines is 1. The van der Waals surface area contributed by atoms with Crippen molar-refractivity contribution in [3.8, 4) is 5.75 Å². The van der Waals surface area contributed by atoms with Crippen LogP contribution in [-0.4, -0.2) is 41.6 Å². The van der Waals surface area contributed by atoms with Gasteiger partial charge in [-0.05, 0) is 68.9 Å². The molecule has 3 aromatic rings. The molecular formula is C25H29ClF3N3O2. The minimum Gasteiger partial charge on any atom is -0.482 e. The number of ether oxygens (including phenoxy) is 1. The molecule has 0 aliphatic carbocycles. The molecule has 9 heteroatoms. The third kappa shape index (κ3) is 5.85. The van der Waals surface area contributed by atoms with Crippen LogP contribution in [0.4, 0.5) is 18.9 Å². The highest BCUT2D eigenvalue weighted by Crippen LogP contribution is 2.34. The minimum absolute atomic E-state index is 0.0111. The maximum absolute atomic E-state index is 12.8. The van der Waals surface area contributed by atoms with Gasteiger partial charge in [0.2, 0.25) is 0 Å². The number of hydrogen-bond donors (Lipinski definition) is 1. The van der Waals surface area contributed by atoms with Gasteiger partial charge in [0.25, 0.3) is 5.91 Å². The second kappa shape index (κ2) is 10.7. The Hall–Kier alpha value is -2.71. The Morgan fingerprint density at radius 3 is 2.44 bits per heavy atom. The first-order valence-corrected chi connectivity index (χ1v) is 11.5. The smallest absolute Gasteiger partial charge is 0.416 e. The molecule has 1 aromatic heterocycles. The van der Waals surface area contributed by atoms with Crippen molar-refractivity contribution in [2.45, 2.75) is 40.4 Å². The fourth-order valence-electron chi connectivity index (χ4n) is 3.93. The number of carbonyl (C=O) groups excluding carboxylic acids is 1. The van der Waals surface area contributed by atoms with Crippen LogP contribution in [0, 0.1) is 13.8 Å². The lowest BCUT2D eigenvalue weighted by Crippen LogP contribution is -2.27. The highest BCUT2D eigenvalue weighted by atomic mass is 35.5. The normalized spacial score (nSPS) is 11.9. The number of rotatable bonds is 9. The molecular weight excluding hydrogens is 467 g/mol. The minimum atomic E-state index is -4.50. The summed E-state index contributed by atoms with van der Waals surface area (Å²) in [5, 5.41) is 3.63. The molecule has 1 amide bonds. The summed E-state index contributed by atoms with van der Waals surface area (Å²) in [6.45, 7) is 11.9. The molecule has 1 N–H and O–H groups in total. The quantitative estimate of drug-likeness (QED) is 0.379. The van der Waals surface area contributed by atoms with Crippen molar-refractivity contribution in [1.82, 2.24) is 9.47 Å². The lowest BCUT2D eigenvalue weighted by molar-refractivity contribution is -0.137.